The number of aryl methyl sites for hydroxylation is 1. The molecule has 1 amide bonds. The number of nitrogens with one attached hydrogen (secondary N) is 1. The van der Waals surface area contributed by atoms with Crippen LogP contribution in [0.5, 0.6) is 5.75 Å². The predicted octanol–water partition coefficient (Wildman–Crippen LogP) is 2.51. The van der Waals surface area contributed by atoms with Crippen molar-refractivity contribution in [2.75, 3.05) is 20.2 Å². The third-order valence-electron chi connectivity index (χ3n) is 4.98. The van der Waals surface area contributed by atoms with Crippen molar-refractivity contribution in [1.29, 1.82) is 0 Å². The zero-order chi connectivity index (χ0) is 20.1. The monoisotopic (exact) mass is 402 g/mol. The van der Waals surface area contributed by atoms with E-state index in [4.69, 9.17) is 4.74 Å². The fraction of sp³-hybridized carbons (Fsp3) is 0.381. The average Bonchev–Trinajstić information content (AvgIpc) is 2.72. The molecule has 1 aliphatic rings. The summed E-state index contributed by atoms with van der Waals surface area (Å²) in [6, 6.07) is 12.8. The number of carbonyl (C=O) groups is 1. The number of hydrogen-bond donors (Lipinski definition) is 1. The lowest BCUT2D eigenvalue weighted by atomic mass is 9.99. The minimum atomic E-state index is -3.43. The number of fused-ring (bicyclic) bond motifs is 1. The topological polar surface area (TPSA) is 75.7 Å². The van der Waals surface area contributed by atoms with Crippen LogP contribution in [0.4, 0.5) is 0 Å². The summed E-state index contributed by atoms with van der Waals surface area (Å²) < 4.78 is 31.4. The van der Waals surface area contributed by atoms with Crippen LogP contribution in [0.15, 0.2) is 47.4 Å². The maximum absolute atomic E-state index is 12.7. The molecule has 0 aromatic heterocycles. The molecule has 0 bridgehead atoms. The second kappa shape index (κ2) is 8.75. The van der Waals surface area contributed by atoms with Gasteiger partial charge in [-0.3, -0.25) is 4.79 Å². The minimum Gasteiger partial charge on any atom is -0.494 e. The van der Waals surface area contributed by atoms with E-state index in [1.807, 2.05) is 24.0 Å². The van der Waals surface area contributed by atoms with Gasteiger partial charge >= 0.3 is 0 Å². The Morgan fingerprint density at radius 3 is 2.57 bits per heavy atom. The van der Waals surface area contributed by atoms with Gasteiger partial charge in [0.25, 0.3) is 0 Å². The maximum atomic E-state index is 12.7. The van der Waals surface area contributed by atoms with Crippen molar-refractivity contribution in [3.05, 3.63) is 59.2 Å². The second-order valence-electron chi connectivity index (χ2n) is 6.78. The van der Waals surface area contributed by atoms with E-state index in [1.54, 1.807) is 24.3 Å². The predicted molar refractivity (Wildman–Crippen MR) is 108 cm³/mol. The van der Waals surface area contributed by atoms with Gasteiger partial charge in [-0.15, -0.1) is 0 Å². The highest BCUT2D eigenvalue weighted by molar-refractivity contribution is 7.89. The molecule has 0 saturated heterocycles. The molecule has 6 nitrogen and oxygen atoms in total. The molecule has 2 aromatic rings. The smallest absolute Gasteiger partial charge is 0.240 e. The van der Waals surface area contributed by atoms with E-state index < -0.39 is 10.0 Å². The molecular weight excluding hydrogens is 376 g/mol. The van der Waals surface area contributed by atoms with Crippen molar-refractivity contribution in [1.82, 2.24) is 9.62 Å². The maximum Gasteiger partial charge on any atom is 0.240 e. The lowest BCUT2D eigenvalue weighted by Crippen LogP contribution is -2.36. The highest BCUT2D eigenvalue weighted by Crippen LogP contribution is 2.24. The SMILES string of the molecule is CCOc1ccc2c(c1)CN(C(=O)CCc1ccc(S(=O)(=O)NC)cc1)CC2. The van der Waals surface area contributed by atoms with Crippen LogP contribution < -0.4 is 9.46 Å². The Morgan fingerprint density at radius 1 is 1.14 bits per heavy atom. The number of ether oxygens (including phenoxy) is 1. The van der Waals surface area contributed by atoms with Crippen LogP contribution in [-0.4, -0.2) is 39.4 Å². The third kappa shape index (κ3) is 4.72. The Morgan fingerprint density at radius 2 is 1.89 bits per heavy atom. The van der Waals surface area contributed by atoms with Crippen LogP contribution in [0.2, 0.25) is 0 Å². The molecule has 28 heavy (non-hydrogen) atoms. The molecule has 1 N–H and O–H groups in total. The number of nitrogens with zero attached hydrogens (tertiary/aromatic N) is 1. The van der Waals surface area contributed by atoms with Gasteiger partial charge in [0.2, 0.25) is 15.9 Å². The summed E-state index contributed by atoms with van der Waals surface area (Å²) in [7, 11) is -2.05. The van der Waals surface area contributed by atoms with Crippen LogP contribution in [-0.2, 0) is 34.2 Å². The number of sulfonamides is 1. The Hall–Kier alpha value is -2.38. The average molecular weight is 403 g/mol. The zero-order valence-electron chi connectivity index (χ0n) is 16.3. The molecule has 0 atom stereocenters. The van der Waals surface area contributed by atoms with Crippen molar-refractivity contribution in [2.45, 2.75) is 37.6 Å². The zero-order valence-corrected chi connectivity index (χ0v) is 17.1. The Kier molecular flexibility index (Phi) is 6.36. The molecule has 0 fully saturated rings. The molecule has 0 unspecified atom stereocenters. The fourth-order valence-electron chi connectivity index (χ4n) is 3.37. The highest BCUT2D eigenvalue weighted by Gasteiger charge is 2.21. The minimum absolute atomic E-state index is 0.111. The van der Waals surface area contributed by atoms with Gasteiger partial charge in [-0.05, 0) is 67.8 Å². The summed E-state index contributed by atoms with van der Waals surface area (Å²) in [5.74, 6) is 0.951. The van der Waals surface area contributed by atoms with Crippen LogP contribution in [0.1, 0.15) is 30.0 Å². The molecule has 2 aromatic carbocycles. The summed E-state index contributed by atoms with van der Waals surface area (Å²) in [5, 5.41) is 0. The van der Waals surface area contributed by atoms with E-state index in [2.05, 4.69) is 10.8 Å². The lowest BCUT2D eigenvalue weighted by molar-refractivity contribution is -0.132. The summed E-state index contributed by atoms with van der Waals surface area (Å²) in [4.78, 5) is 14.8. The summed E-state index contributed by atoms with van der Waals surface area (Å²) in [5.41, 5.74) is 3.36. The fourth-order valence-corrected chi connectivity index (χ4v) is 4.10. The van der Waals surface area contributed by atoms with Gasteiger partial charge in [0.15, 0.2) is 0 Å². The van der Waals surface area contributed by atoms with E-state index in [0.717, 1.165) is 29.8 Å². The second-order valence-corrected chi connectivity index (χ2v) is 8.67. The molecule has 150 valence electrons. The molecule has 1 heterocycles. The molecule has 0 saturated carbocycles. The van der Waals surface area contributed by atoms with Crippen LogP contribution in [0.25, 0.3) is 0 Å². The number of amides is 1. The first-order chi connectivity index (χ1) is 13.4. The molecule has 7 heteroatoms. The third-order valence-corrected chi connectivity index (χ3v) is 6.41. The molecule has 1 aliphatic heterocycles. The molecular formula is C21H26N2O4S. The van der Waals surface area contributed by atoms with E-state index in [9.17, 15) is 13.2 Å². The molecule has 0 radical (unpaired) electrons. The first kappa shape index (κ1) is 20.4. The molecule has 0 aliphatic carbocycles. The number of rotatable bonds is 7. The first-order valence-corrected chi connectivity index (χ1v) is 11.0. The lowest BCUT2D eigenvalue weighted by Gasteiger charge is -2.29. The summed E-state index contributed by atoms with van der Waals surface area (Å²) in [6.45, 7) is 3.90. The van der Waals surface area contributed by atoms with Gasteiger partial charge in [0.05, 0.1) is 11.5 Å². The van der Waals surface area contributed by atoms with Gasteiger partial charge < -0.3 is 9.64 Å². The molecule has 3 rings (SSSR count). The van der Waals surface area contributed by atoms with Gasteiger partial charge in [0.1, 0.15) is 5.75 Å². The van der Waals surface area contributed by atoms with Gasteiger partial charge in [-0.25, -0.2) is 13.1 Å². The van der Waals surface area contributed by atoms with Crippen LogP contribution in [0.3, 0.4) is 0 Å². The van der Waals surface area contributed by atoms with Gasteiger partial charge in [-0.2, -0.15) is 0 Å². The number of carbonyl (C=O) groups excluding carboxylic acids is 1. The van der Waals surface area contributed by atoms with Crippen molar-refractivity contribution >= 4 is 15.9 Å². The largest absolute Gasteiger partial charge is 0.494 e. The van der Waals surface area contributed by atoms with E-state index in [-0.39, 0.29) is 10.8 Å². The Labute approximate surface area is 166 Å². The van der Waals surface area contributed by atoms with Crippen molar-refractivity contribution in [2.24, 2.45) is 0 Å². The number of hydrogen-bond acceptors (Lipinski definition) is 4. The van der Waals surface area contributed by atoms with E-state index in [0.29, 0.717) is 26.0 Å². The van der Waals surface area contributed by atoms with Crippen molar-refractivity contribution in [3.63, 3.8) is 0 Å². The summed E-state index contributed by atoms with van der Waals surface area (Å²) >= 11 is 0. The van der Waals surface area contributed by atoms with Gasteiger partial charge in [-0.1, -0.05) is 18.2 Å². The number of benzene rings is 2. The standard InChI is InChI=1S/C21H26N2O4S/c1-3-27-19-8-7-17-12-13-23(15-18(17)14-19)21(24)11-6-16-4-9-20(10-5-16)28(25,26)22-2/h4-5,7-10,14,22H,3,6,11-13,15H2,1-2H3. The quantitative estimate of drug-likeness (QED) is 0.772. The first-order valence-electron chi connectivity index (χ1n) is 9.48. The van der Waals surface area contributed by atoms with E-state index in [1.165, 1.54) is 12.6 Å². The Balaban J connectivity index is 1.59. The molecule has 0 spiro atoms. The van der Waals surface area contributed by atoms with Gasteiger partial charge in [0, 0.05) is 19.5 Å². The summed E-state index contributed by atoms with van der Waals surface area (Å²) in [6.07, 6.45) is 1.84. The van der Waals surface area contributed by atoms with Crippen LogP contribution in [0, 0.1) is 0 Å². The highest BCUT2D eigenvalue weighted by atomic mass is 32.2. The van der Waals surface area contributed by atoms with Crippen molar-refractivity contribution in [3.8, 4) is 5.75 Å². The van der Waals surface area contributed by atoms with Crippen LogP contribution >= 0.6 is 0 Å². The Bertz CT molecular complexity index is 939. The normalized spacial score (nSPS) is 13.9. The van der Waals surface area contributed by atoms with E-state index >= 15 is 0 Å². The van der Waals surface area contributed by atoms with Crippen molar-refractivity contribution < 1.29 is 17.9 Å².